The van der Waals surface area contributed by atoms with Gasteiger partial charge in [-0.1, -0.05) is 133 Å². The van der Waals surface area contributed by atoms with Gasteiger partial charge in [-0.15, -0.1) is 15.0 Å². The van der Waals surface area contributed by atoms with Gasteiger partial charge in [0.15, 0.2) is 5.54 Å². The first-order chi connectivity index (χ1) is 20.2. The molecule has 0 saturated carbocycles. The van der Waals surface area contributed by atoms with Gasteiger partial charge in [0.2, 0.25) is 5.82 Å². The van der Waals surface area contributed by atoms with Gasteiger partial charge in [0.1, 0.15) is 0 Å². The number of fused-ring (bicyclic) bond motifs is 1. The number of aryl methyl sites for hydroxylation is 1. The Morgan fingerprint density at radius 3 is 1.73 bits per heavy atom. The maximum Gasteiger partial charge on any atom is 0.205 e. The largest absolute Gasteiger partial charge is 0.248 e. The number of tetrazole rings is 1. The van der Waals surface area contributed by atoms with E-state index in [-0.39, 0.29) is 0 Å². The first-order valence-electron chi connectivity index (χ1n) is 13.7. The quantitative estimate of drug-likeness (QED) is 0.207. The molecular weight excluding hydrogens is 502 g/mol. The van der Waals surface area contributed by atoms with E-state index in [1.807, 2.05) is 36.4 Å². The zero-order valence-electron chi connectivity index (χ0n) is 22.6. The van der Waals surface area contributed by atoms with Crippen LogP contribution >= 0.6 is 0 Å². The average Bonchev–Trinajstić information content (AvgIpc) is 3.53. The average molecular weight is 530 g/mol. The maximum atomic E-state index is 5.11. The van der Waals surface area contributed by atoms with Crippen molar-refractivity contribution in [1.29, 1.82) is 0 Å². The highest BCUT2D eigenvalue weighted by atomic mass is 15.6. The molecule has 0 saturated heterocycles. The summed E-state index contributed by atoms with van der Waals surface area (Å²) in [5.41, 5.74) is 7.17. The van der Waals surface area contributed by atoms with Gasteiger partial charge < -0.3 is 0 Å². The number of hydrogen-bond acceptors (Lipinski definition) is 4. The highest BCUT2D eigenvalue weighted by Gasteiger charge is 2.41. The summed E-state index contributed by atoms with van der Waals surface area (Å²) in [5, 5.41) is 15.6. The minimum atomic E-state index is -0.830. The fraction of sp³-hybridized carbons (Fsp3) is 0.0556. The molecular formula is C36H27N5. The normalized spacial score (nSPS) is 11.5. The molecule has 5 nitrogen and oxygen atoms in total. The Morgan fingerprint density at radius 1 is 0.561 bits per heavy atom. The van der Waals surface area contributed by atoms with Gasteiger partial charge in [-0.25, -0.2) is 4.98 Å². The highest BCUT2D eigenvalue weighted by molar-refractivity contribution is 5.85. The third-order valence-corrected chi connectivity index (χ3v) is 7.58. The van der Waals surface area contributed by atoms with Crippen molar-refractivity contribution in [2.75, 3.05) is 0 Å². The Morgan fingerprint density at radius 2 is 1.12 bits per heavy atom. The molecule has 0 bridgehead atoms. The standard InChI is InChI=1S/C36H27N5/c1-26-21-23-33-27(25-26)22-24-34(37-33)31-19-11-12-20-32(31)35-38-40-41(39-35)36(28-13-5-2-6-14-28,29-15-7-3-8-16-29)30-17-9-4-10-18-30/h2-25H,1H3. The second kappa shape index (κ2) is 10.3. The molecule has 2 heterocycles. The number of aromatic nitrogens is 5. The monoisotopic (exact) mass is 529 g/mol. The summed E-state index contributed by atoms with van der Waals surface area (Å²) in [7, 11) is 0. The molecule has 5 aromatic carbocycles. The Labute approximate surface area is 238 Å². The van der Waals surface area contributed by atoms with E-state index in [2.05, 4.69) is 121 Å². The maximum absolute atomic E-state index is 5.11. The molecule has 0 aliphatic carbocycles. The van der Waals surface area contributed by atoms with Gasteiger partial charge in [0.05, 0.1) is 11.2 Å². The number of hydrogen-bond donors (Lipinski definition) is 0. The Kier molecular flexibility index (Phi) is 6.17. The zero-order valence-corrected chi connectivity index (χ0v) is 22.6. The molecule has 0 unspecified atom stereocenters. The summed E-state index contributed by atoms with van der Waals surface area (Å²) >= 11 is 0. The molecule has 0 N–H and O–H groups in total. The minimum absolute atomic E-state index is 0.540. The van der Waals surface area contributed by atoms with Gasteiger partial charge in [-0.05, 0) is 47.0 Å². The lowest BCUT2D eigenvalue weighted by atomic mass is 9.77. The van der Waals surface area contributed by atoms with Crippen LogP contribution in [0.3, 0.4) is 0 Å². The second-order valence-electron chi connectivity index (χ2n) is 10.1. The van der Waals surface area contributed by atoms with Crippen molar-refractivity contribution in [2.45, 2.75) is 12.5 Å². The Bertz CT molecular complexity index is 1850. The number of pyridine rings is 1. The molecule has 0 fully saturated rings. The smallest absolute Gasteiger partial charge is 0.205 e. The third kappa shape index (κ3) is 4.28. The molecule has 0 amide bonds. The van der Waals surface area contributed by atoms with Crippen molar-refractivity contribution >= 4 is 10.9 Å². The van der Waals surface area contributed by atoms with Crippen LogP contribution in [0.4, 0.5) is 0 Å². The van der Waals surface area contributed by atoms with E-state index >= 15 is 0 Å². The van der Waals surface area contributed by atoms with Crippen LogP contribution in [0.15, 0.2) is 146 Å². The topological polar surface area (TPSA) is 56.5 Å². The second-order valence-corrected chi connectivity index (χ2v) is 10.1. The van der Waals surface area contributed by atoms with Gasteiger partial charge in [0, 0.05) is 16.5 Å². The molecule has 0 aliphatic heterocycles. The summed E-state index contributed by atoms with van der Waals surface area (Å²) in [6.07, 6.45) is 0. The highest BCUT2D eigenvalue weighted by Crippen LogP contribution is 2.40. The van der Waals surface area contributed by atoms with Crippen molar-refractivity contribution in [1.82, 2.24) is 25.2 Å². The minimum Gasteiger partial charge on any atom is -0.248 e. The van der Waals surface area contributed by atoms with Crippen molar-refractivity contribution in [3.8, 4) is 22.6 Å². The number of rotatable bonds is 6. The molecule has 41 heavy (non-hydrogen) atoms. The van der Waals surface area contributed by atoms with Gasteiger partial charge >= 0.3 is 0 Å². The molecule has 0 aliphatic rings. The number of nitrogens with zero attached hydrogens (tertiary/aromatic N) is 5. The van der Waals surface area contributed by atoms with E-state index in [9.17, 15) is 0 Å². The number of benzene rings is 5. The summed E-state index contributed by atoms with van der Waals surface area (Å²) in [6.45, 7) is 2.10. The van der Waals surface area contributed by atoms with E-state index < -0.39 is 5.54 Å². The van der Waals surface area contributed by atoms with Gasteiger partial charge in [-0.3, -0.25) is 0 Å². The predicted octanol–water partition coefficient (Wildman–Crippen LogP) is 7.70. The van der Waals surface area contributed by atoms with Crippen LogP contribution in [0.5, 0.6) is 0 Å². The van der Waals surface area contributed by atoms with Crippen LogP contribution < -0.4 is 0 Å². The van der Waals surface area contributed by atoms with Crippen LogP contribution in [0.2, 0.25) is 0 Å². The fourth-order valence-corrected chi connectivity index (χ4v) is 5.65. The molecule has 2 aromatic heterocycles. The zero-order chi connectivity index (χ0) is 27.6. The van der Waals surface area contributed by atoms with E-state index in [0.717, 1.165) is 44.4 Å². The Hall–Kier alpha value is -5.42. The van der Waals surface area contributed by atoms with Crippen LogP contribution in [-0.4, -0.2) is 25.2 Å². The van der Waals surface area contributed by atoms with Crippen LogP contribution in [-0.2, 0) is 5.54 Å². The third-order valence-electron chi connectivity index (χ3n) is 7.58. The van der Waals surface area contributed by atoms with E-state index in [1.165, 1.54) is 5.56 Å². The fourth-order valence-electron chi connectivity index (χ4n) is 5.65. The molecule has 196 valence electrons. The van der Waals surface area contributed by atoms with Crippen LogP contribution in [0.25, 0.3) is 33.5 Å². The summed E-state index contributed by atoms with van der Waals surface area (Å²) < 4.78 is 0. The van der Waals surface area contributed by atoms with Crippen LogP contribution in [0.1, 0.15) is 22.3 Å². The molecule has 0 radical (unpaired) electrons. The van der Waals surface area contributed by atoms with E-state index in [4.69, 9.17) is 15.3 Å². The van der Waals surface area contributed by atoms with Crippen LogP contribution in [0, 0.1) is 6.92 Å². The lowest BCUT2D eigenvalue weighted by Gasteiger charge is -2.34. The van der Waals surface area contributed by atoms with Gasteiger partial charge in [-0.2, -0.15) is 0 Å². The molecule has 7 aromatic rings. The van der Waals surface area contributed by atoms with Crippen molar-refractivity contribution < 1.29 is 0 Å². The first-order valence-corrected chi connectivity index (χ1v) is 13.7. The van der Waals surface area contributed by atoms with E-state index in [1.54, 1.807) is 4.80 Å². The molecule has 0 atom stereocenters. The summed E-state index contributed by atoms with van der Waals surface area (Å²) in [4.78, 5) is 6.75. The van der Waals surface area contributed by atoms with Crippen molar-refractivity contribution in [3.63, 3.8) is 0 Å². The lowest BCUT2D eigenvalue weighted by molar-refractivity contribution is 0.396. The lowest BCUT2D eigenvalue weighted by Crippen LogP contribution is -2.39. The van der Waals surface area contributed by atoms with Crippen molar-refractivity contribution in [3.05, 3.63) is 168 Å². The summed E-state index contributed by atoms with van der Waals surface area (Å²) in [5.74, 6) is 0.540. The SMILES string of the molecule is Cc1ccc2nc(-c3ccccc3-c3nnn(C(c4ccccc4)(c4ccccc4)c4ccccc4)n3)ccc2c1. The van der Waals surface area contributed by atoms with Gasteiger partial charge in [0.25, 0.3) is 0 Å². The van der Waals surface area contributed by atoms with E-state index in [0.29, 0.717) is 5.82 Å². The molecule has 5 heteroatoms. The Balaban J connectivity index is 1.43. The van der Waals surface area contributed by atoms with Crippen molar-refractivity contribution in [2.24, 2.45) is 0 Å². The molecule has 7 rings (SSSR count). The summed E-state index contributed by atoms with van der Waals surface area (Å²) in [6, 6.07) is 49.7. The molecule has 0 spiro atoms. The first kappa shape index (κ1) is 24.6. The predicted molar refractivity (Wildman–Crippen MR) is 163 cm³/mol.